The van der Waals surface area contributed by atoms with Gasteiger partial charge in [-0.3, -0.25) is 19.4 Å². The molecule has 9 nitrogen and oxygen atoms in total. The van der Waals surface area contributed by atoms with Crippen molar-refractivity contribution in [2.24, 2.45) is 5.92 Å². The van der Waals surface area contributed by atoms with Crippen molar-refractivity contribution in [1.29, 1.82) is 5.26 Å². The Bertz CT molecular complexity index is 1480. The summed E-state index contributed by atoms with van der Waals surface area (Å²) in [5.74, 6) is -1.36. The van der Waals surface area contributed by atoms with Gasteiger partial charge >= 0.3 is 0 Å². The van der Waals surface area contributed by atoms with Crippen molar-refractivity contribution < 1.29 is 19.5 Å². The minimum Gasteiger partial charge on any atom is -0.505 e. The van der Waals surface area contributed by atoms with Gasteiger partial charge in [0.25, 0.3) is 5.91 Å². The molecule has 1 aliphatic heterocycles. The fourth-order valence-electron chi connectivity index (χ4n) is 5.21. The van der Waals surface area contributed by atoms with Gasteiger partial charge in [-0.15, -0.1) is 0 Å². The number of nitrogens with one attached hydrogen (secondary N) is 1. The number of benzene rings is 2. The standard InChI is InChI=1S/C30H33N5O4/c1-18(2)15-24(35(5)27(37)21-13-12-19-9-8-14-32-25(19)26(21)36)28(38)34(4)20(17-31)16-30(3)22-10-6-7-11-23(22)33-29(30)39/h6-14,18,20,24,36H,15-16H2,1-5H3,(H,33,39)/t20-,24-,30+/m0/s1. The third kappa shape index (κ3) is 5.02. The van der Waals surface area contributed by atoms with Gasteiger partial charge < -0.3 is 20.2 Å². The summed E-state index contributed by atoms with van der Waals surface area (Å²) in [6.45, 7) is 5.66. The van der Waals surface area contributed by atoms with Crippen molar-refractivity contribution in [2.45, 2.75) is 51.1 Å². The van der Waals surface area contributed by atoms with Crippen LogP contribution in [0.1, 0.15) is 49.5 Å². The number of phenols is 1. The Morgan fingerprint density at radius 1 is 1.10 bits per heavy atom. The summed E-state index contributed by atoms with van der Waals surface area (Å²) < 4.78 is 0. The number of carbonyl (C=O) groups excluding carboxylic acids is 3. The van der Waals surface area contributed by atoms with Gasteiger partial charge in [-0.05, 0) is 49.4 Å². The molecule has 0 saturated carbocycles. The molecule has 2 heterocycles. The van der Waals surface area contributed by atoms with E-state index in [0.29, 0.717) is 23.0 Å². The number of hydrogen-bond donors (Lipinski definition) is 2. The normalized spacial score (nSPS) is 17.7. The average molecular weight is 528 g/mol. The molecule has 4 rings (SSSR count). The number of amides is 3. The molecule has 9 heteroatoms. The van der Waals surface area contributed by atoms with Crippen molar-refractivity contribution in [2.75, 3.05) is 19.4 Å². The monoisotopic (exact) mass is 527 g/mol. The lowest BCUT2D eigenvalue weighted by Crippen LogP contribution is -2.52. The highest BCUT2D eigenvalue weighted by Gasteiger charge is 2.46. The third-order valence-electron chi connectivity index (χ3n) is 7.58. The van der Waals surface area contributed by atoms with Gasteiger partial charge in [-0.25, -0.2) is 0 Å². The second-order valence-electron chi connectivity index (χ2n) is 10.7. The zero-order valence-electron chi connectivity index (χ0n) is 22.8. The topological polar surface area (TPSA) is 127 Å². The van der Waals surface area contributed by atoms with Crippen molar-refractivity contribution in [1.82, 2.24) is 14.8 Å². The van der Waals surface area contributed by atoms with Crippen LogP contribution >= 0.6 is 0 Å². The molecule has 0 fully saturated rings. The number of carbonyl (C=O) groups is 3. The Balaban J connectivity index is 1.61. The molecule has 0 bridgehead atoms. The number of hydrogen-bond acceptors (Lipinski definition) is 6. The van der Waals surface area contributed by atoms with Gasteiger partial charge in [-0.1, -0.05) is 44.2 Å². The number of pyridine rings is 1. The van der Waals surface area contributed by atoms with Gasteiger partial charge in [0.05, 0.1) is 17.0 Å². The first-order valence-corrected chi connectivity index (χ1v) is 12.9. The van der Waals surface area contributed by atoms with E-state index in [0.717, 1.165) is 5.56 Å². The molecule has 39 heavy (non-hydrogen) atoms. The highest BCUT2D eigenvalue weighted by molar-refractivity contribution is 6.06. The van der Waals surface area contributed by atoms with Crippen LogP contribution < -0.4 is 5.32 Å². The number of nitrogens with zero attached hydrogens (tertiary/aromatic N) is 4. The number of aromatic nitrogens is 1. The minimum atomic E-state index is -0.995. The zero-order valence-corrected chi connectivity index (χ0v) is 22.8. The van der Waals surface area contributed by atoms with Crippen LogP contribution in [0.4, 0.5) is 5.69 Å². The van der Waals surface area contributed by atoms with E-state index in [1.807, 2.05) is 38.1 Å². The molecular formula is C30H33N5O4. The van der Waals surface area contributed by atoms with Crippen LogP contribution in [0.5, 0.6) is 5.75 Å². The van der Waals surface area contributed by atoms with Crippen LogP contribution in [0.3, 0.4) is 0 Å². The molecule has 2 N–H and O–H groups in total. The molecule has 2 aromatic carbocycles. The molecule has 3 amide bonds. The first kappa shape index (κ1) is 27.6. The third-order valence-corrected chi connectivity index (χ3v) is 7.58. The number of aromatic hydroxyl groups is 1. The van der Waals surface area contributed by atoms with Gasteiger partial charge in [-0.2, -0.15) is 5.26 Å². The summed E-state index contributed by atoms with van der Waals surface area (Å²) >= 11 is 0. The average Bonchev–Trinajstić information content (AvgIpc) is 3.18. The number of rotatable bonds is 8. The summed E-state index contributed by atoms with van der Waals surface area (Å²) in [7, 11) is 3.05. The summed E-state index contributed by atoms with van der Waals surface area (Å²) in [5.41, 5.74) is 0.820. The van der Waals surface area contributed by atoms with Gasteiger partial charge in [0, 0.05) is 31.4 Å². The zero-order chi connectivity index (χ0) is 28.5. The van der Waals surface area contributed by atoms with Crippen molar-refractivity contribution in [3.8, 4) is 11.8 Å². The molecule has 0 unspecified atom stereocenters. The predicted molar refractivity (Wildman–Crippen MR) is 148 cm³/mol. The lowest BCUT2D eigenvalue weighted by atomic mass is 9.78. The van der Waals surface area contributed by atoms with Crippen LogP contribution in [0.2, 0.25) is 0 Å². The van der Waals surface area contributed by atoms with E-state index in [9.17, 15) is 24.8 Å². The predicted octanol–water partition coefficient (Wildman–Crippen LogP) is 4.08. The van der Waals surface area contributed by atoms with E-state index in [1.165, 1.54) is 36.2 Å². The second-order valence-corrected chi connectivity index (χ2v) is 10.7. The van der Waals surface area contributed by atoms with E-state index in [-0.39, 0.29) is 29.6 Å². The van der Waals surface area contributed by atoms with E-state index in [2.05, 4.69) is 16.4 Å². The molecular weight excluding hydrogens is 494 g/mol. The molecule has 0 saturated heterocycles. The van der Waals surface area contributed by atoms with Crippen molar-refractivity contribution >= 4 is 34.3 Å². The Labute approximate surface area is 228 Å². The lowest BCUT2D eigenvalue weighted by molar-refractivity contribution is -0.137. The number of likely N-dealkylation sites (N-methyl/N-ethyl adjacent to an activating group) is 2. The Morgan fingerprint density at radius 2 is 1.82 bits per heavy atom. The number of para-hydroxylation sites is 1. The maximum absolute atomic E-state index is 13.9. The maximum Gasteiger partial charge on any atom is 0.258 e. The van der Waals surface area contributed by atoms with Crippen LogP contribution in [0, 0.1) is 17.2 Å². The van der Waals surface area contributed by atoms with E-state index in [4.69, 9.17) is 0 Å². The fourth-order valence-corrected chi connectivity index (χ4v) is 5.21. The van der Waals surface area contributed by atoms with Gasteiger partial charge in [0.15, 0.2) is 5.75 Å². The SMILES string of the molecule is CC(C)C[C@@H](C(=O)N(C)[C@H](C#N)C[C@@]1(C)C(=O)Nc2ccccc21)N(C)C(=O)c1ccc2cccnc2c1O. The summed E-state index contributed by atoms with van der Waals surface area (Å²) in [5, 5.41) is 24.5. The largest absolute Gasteiger partial charge is 0.505 e. The molecule has 0 aliphatic carbocycles. The molecule has 3 atom stereocenters. The van der Waals surface area contributed by atoms with Crippen LogP contribution in [0.25, 0.3) is 10.9 Å². The van der Waals surface area contributed by atoms with Crippen LogP contribution in [0.15, 0.2) is 54.7 Å². The number of phenolic OH excluding ortho intramolecular Hbond substituents is 1. The fraction of sp³-hybridized carbons (Fsp3) is 0.367. The van der Waals surface area contributed by atoms with E-state index in [1.54, 1.807) is 25.1 Å². The molecule has 1 aromatic heterocycles. The molecule has 1 aliphatic rings. The Morgan fingerprint density at radius 3 is 2.51 bits per heavy atom. The lowest BCUT2D eigenvalue weighted by Gasteiger charge is -2.35. The second kappa shape index (κ2) is 10.7. The summed E-state index contributed by atoms with van der Waals surface area (Å²) in [6.07, 6.45) is 1.97. The van der Waals surface area contributed by atoms with E-state index >= 15 is 0 Å². The van der Waals surface area contributed by atoms with Crippen LogP contribution in [-0.2, 0) is 15.0 Å². The van der Waals surface area contributed by atoms with Crippen molar-refractivity contribution in [3.05, 3.63) is 65.9 Å². The number of anilines is 1. The van der Waals surface area contributed by atoms with Crippen LogP contribution in [-0.4, -0.2) is 63.8 Å². The number of fused-ring (bicyclic) bond motifs is 2. The highest BCUT2D eigenvalue weighted by Crippen LogP contribution is 2.41. The quantitative estimate of drug-likeness (QED) is 0.455. The Kier molecular flexibility index (Phi) is 7.59. The molecule has 0 radical (unpaired) electrons. The molecule has 0 spiro atoms. The Hall–Kier alpha value is -4.45. The maximum atomic E-state index is 13.9. The number of nitriles is 1. The van der Waals surface area contributed by atoms with Gasteiger partial charge in [0.1, 0.15) is 17.6 Å². The smallest absolute Gasteiger partial charge is 0.258 e. The minimum absolute atomic E-state index is 0.0384. The van der Waals surface area contributed by atoms with Crippen molar-refractivity contribution in [3.63, 3.8) is 0 Å². The highest BCUT2D eigenvalue weighted by atomic mass is 16.3. The van der Waals surface area contributed by atoms with E-state index < -0.39 is 29.3 Å². The first-order valence-electron chi connectivity index (χ1n) is 12.9. The summed E-state index contributed by atoms with van der Waals surface area (Å²) in [4.78, 5) is 47.2. The van der Waals surface area contributed by atoms with Gasteiger partial charge in [0.2, 0.25) is 11.8 Å². The first-order chi connectivity index (χ1) is 18.5. The summed E-state index contributed by atoms with van der Waals surface area (Å²) in [6, 6.07) is 14.5. The molecule has 202 valence electrons. The molecule has 3 aromatic rings.